The van der Waals surface area contributed by atoms with Gasteiger partial charge in [-0.25, -0.2) is 4.98 Å². The summed E-state index contributed by atoms with van der Waals surface area (Å²) in [6, 6.07) is 86.2. The van der Waals surface area contributed by atoms with Gasteiger partial charge in [0.25, 0.3) is 0 Å². The summed E-state index contributed by atoms with van der Waals surface area (Å²) >= 11 is 0. The van der Waals surface area contributed by atoms with Gasteiger partial charge in [-0.15, -0.1) is 0 Å². The molecule has 0 N–H and O–H groups in total. The van der Waals surface area contributed by atoms with Gasteiger partial charge in [-0.2, -0.15) is 0 Å². The number of pyridine rings is 2. The number of aromatic nitrogens is 2. The highest BCUT2D eigenvalue weighted by atomic mass is 14.7. The van der Waals surface area contributed by atoms with Gasteiger partial charge in [0.1, 0.15) is 0 Å². The van der Waals surface area contributed by atoms with Crippen LogP contribution in [0.25, 0.3) is 142 Å². The molecule has 2 heterocycles. The van der Waals surface area contributed by atoms with Crippen molar-refractivity contribution in [3.8, 4) is 55.9 Å². The maximum Gasteiger partial charge on any atom is 0.0716 e. The van der Waals surface area contributed by atoms with Gasteiger partial charge in [0.2, 0.25) is 0 Å². The van der Waals surface area contributed by atoms with Crippen molar-refractivity contribution in [3.63, 3.8) is 0 Å². The lowest BCUT2D eigenvalue weighted by atomic mass is 9.88. The molecule has 2 aromatic heterocycles. The summed E-state index contributed by atoms with van der Waals surface area (Å²) in [5, 5.41) is 18.4. The maximum absolute atomic E-state index is 5.47. The normalized spacial score (nSPS) is 11.8. The molecule has 0 unspecified atom stereocenters. The average Bonchev–Trinajstić information content (AvgIpc) is 3.42. The Morgan fingerprint density at radius 2 is 0.691 bits per heavy atom. The van der Waals surface area contributed by atoms with Crippen molar-refractivity contribution < 1.29 is 0 Å². The number of benzene rings is 12. The van der Waals surface area contributed by atoms with E-state index in [-0.39, 0.29) is 0 Å². The fourth-order valence-corrected chi connectivity index (χ4v) is 11.1. The van der Waals surface area contributed by atoms with Gasteiger partial charge in [-0.1, -0.05) is 188 Å². The van der Waals surface area contributed by atoms with Crippen LogP contribution in [0.1, 0.15) is 0 Å². The fraction of sp³-hybridized carbons (Fsp3) is 0. The second-order valence-electron chi connectivity index (χ2n) is 18.0. The Morgan fingerprint density at radius 1 is 0.235 bits per heavy atom. The summed E-state index contributed by atoms with van der Waals surface area (Å²) < 4.78 is 0. The van der Waals surface area contributed by atoms with Crippen molar-refractivity contribution in [2.75, 3.05) is 0 Å². The van der Waals surface area contributed by atoms with E-state index in [1.165, 1.54) is 97.7 Å². The first kappa shape index (κ1) is 38.3. The highest BCUT2D eigenvalue weighted by Gasteiger charge is 2.18. The summed E-state index contributed by atoms with van der Waals surface area (Å²) in [6.07, 6.45) is 1.95. The van der Waals surface area contributed by atoms with Crippen molar-refractivity contribution in [2.24, 2.45) is 0 Å². The van der Waals surface area contributed by atoms with E-state index in [1.807, 2.05) is 6.20 Å². The molecular weight excluding hydrogens is 821 g/mol. The second-order valence-corrected chi connectivity index (χ2v) is 18.0. The minimum atomic E-state index is 0.946. The van der Waals surface area contributed by atoms with Gasteiger partial charge in [0.15, 0.2) is 0 Å². The molecule has 14 rings (SSSR count). The van der Waals surface area contributed by atoms with Crippen LogP contribution < -0.4 is 0 Å². The van der Waals surface area contributed by atoms with Gasteiger partial charge >= 0.3 is 0 Å². The molecule has 68 heavy (non-hydrogen) atoms. The summed E-state index contributed by atoms with van der Waals surface area (Å²) in [5.41, 5.74) is 12.2. The molecule has 0 aliphatic rings. The molecule has 12 aromatic carbocycles. The van der Waals surface area contributed by atoms with E-state index in [4.69, 9.17) is 9.97 Å². The van der Waals surface area contributed by atoms with Gasteiger partial charge in [-0.3, -0.25) is 4.98 Å². The monoisotopic (exact) mass is 860 g/mol. The summed E-state index contributed by atoms with van der Waals surface area (Å²) in [6.45, 7) is 0. The predicted octanol–water partition coefficient (Wildman–Crippen LogP) is 18.0. The molecule has 314 valence electrons. The zero-order chi connectivity index (χ0) is 44.7. The smallest absolute Gasteiger partial charge is 0.0716 e. The lowest BCUT2D eigenvalue weighted by molar-refractivity contribution is 1.33. The zero-order valence-corrected chi connectivity index (χ0v) is 37.0. The number of hydrogen-bond donors (Lipinski definition) is 0. The standard InChI is InChI=1S/C66H40N2/c1-2-15-41(16-3-1)43-17-14-18-46(35-43)57-38-58-51-23-7-8-24-52(51)60(39-59(58)50-22-6-5-21-49(50)57)63-32-31-42-29-30-44(36-64(42)68-63)45-33-34-67-65(37-45)61-40-62-53-25-9-4-19-47(53)48-20-10-12-27-55(48)66(62)56-28-13-11-26-54(56)61/h1-40H. The third-order valence-corrected chi connectivity index (χ3v) is 14.2. The van der Waals surface area contributed by atoms with E-state index < -0.39 is 0 Å². The summed E-state index contributed by atoms with van der Waals surface area (Å²) in [7, 11) is 0. The summed E-state index contributed by atoms with van der Waals surface area (Å²) in [5.74, 6) is 0. The fourth-order valence-electron chi connectivity index (χ4n) is 11.1. The van der Waals surface area contributed by atoms with Crippen molar-refractivity contribution in [1.82, 2.24) is 9.97 Å². The Labute approximate surface area is 393 Å². The van der Waals surface area contributed by atoms with Crippen LogP contribution in [0.2, 0.25) is 0 Å². The van der Waals surface area contributed by atoms with Crippen LogP contribution >= 0.6 is 0 Å². The van der Waals surface area contributed by atoms with Gasteiger partial charge in [0, 0.05) is 22.7 Å². The zero-order valence-electron chi connectivity index (χ0n) is 37.0. The quantitative estimate of drug-likeness (QED) is 0.161. The van der Waals surface area contributed by atoms with Crippen LogP contribution in [0, 0.1) is 0 Å². The van der Waals surface area contributed by atoms with Crippen LogP contribution in [-0.4, -0.2) is 9.97 Å². The van der Waals surface area contributed by atoms with E-state index in [0.717, 1.165) is 44.5 Å². The SMILES string of the molecule is c1ccc(-c2cccc(-c3cc4c5ccccc5c(-c5ccc6ccc(-c7ccnc(-c8cc9c%10ccccc%10c%10ccccc%10c9c9ccccc89)c7)cc6n5)cc4c4ccccc34)c2)cc1. The minimum absolute atomic E-state index is 0.946. The lowest BCUT2D eigenvalue weighted by Gasteiger charge is -2.16. The largest absolute Gasteiger partial charge is 0.256 e. The Hall–Kier alpha value is -8.98. The Morgan fingerprint density at radius 3 is 1.40 bits per heavy atom. The lowest BCUT2D eigenvalue weighted by Crippen LogP contribution is -1.92. The molecule has 0 aliphatic carbocycles. The van der Waals surface area contributed by atoms with E-state index in [9.17, 15) is 0 Å². The van der Waals surface area contributed by atoms with Crippen LogP contribution in [0.3, 0.4) is 0 Å². The molecule has 0 atom stereocenters. The number of fused-ring (bicyclic) bond motifs is 14. The molecular formula is C66H40N2. The number of rotatable bonds is 5. The number of hydrogen-bond acceptors (Lipinski definition) is 2. The van der Waals surface area contributed by atoms with Gasteiger partial charge in [-0.05, 0) is 157 Å². The molecule has 0 bridgehead atoms. The molecule has 0 aliphatic heterocycles. The molecule has 2 nitrogen and oxygen atoms in total. The van der Waals surface area contributed by atoms with Crippen LogP contribution in [-0.2, 0) is 0 Å². The summed E-state index contributed by atoms with van der Waals surface area (Å²) in [4.78, 5) is 10.5. The van der Waals surface area contributed by atoms with E-state index in [2.05, 4.69) is 237 Å². The first-order valence-electron chi connectivity index (χ1n) is 23.4. The molecule has 0 spiro atoms. The second kappa shape index (κ2) is 15.3. The minimum Gasteiger partial charge on any atom is -0.256 e. The van der Waals surface area contributed by atoms with E-state index in [1.54, 1.807) is 0 Å². The van der Waals surface area contributed by atoms with Crippen molar-refractivity contribution in [1.29, 1.82) is 0 Å². The third kappa shape index (κ3) is 6.05. The molecule has 0 fully saturated rings. The first-order chi connectivity index (χ1) is 33.7. The van der Waals surface area contributed by atoms with Crippen molar-refractivity contribution in [3.05, 3.63) is 243 Å². The molecule has 0 saturated heterocycles. The van der Waals surface area contributed by atoms with Gasteiger partial charge < -0.3 is 0 Å². The van der Waals surface area contributed by atoms with E-state index >= 15 is 0 Å². The average molecular weight is 861 g/mol. The molecule has 0 radical (unpaired) electrons. The molecule has 2 heteroatoms. The van der Waals surface area contributed by atoms with Crippen LogP contribution in [0.5, 0.6) is 0 Å². The van der Waals surface area contributed by atoms with Gasteiger partial charge in [0.05, 0.1) is 16.9 Å². The molecule has 0 amide bonds. The van der Waals surface area contributed by atoms with Crippen molar-refractivity contribution >= 4 is 86.3 Å². The molecule has 14 aromatic rings. The molecule has 0 saturated carbocycles. The number of nitrogens with zero attached hydrogens (tertiary/aromatic N) is 2. The Balaban J connectivity index is 0.903. The predicted molar refractivity (Wildman–Crippen MR) is 289 cm³/mol. The topological polar surface area (TPSA) is 25.8 Å². The van der Waals surface area contributed by atoms with E-state index in [0.29, 0.717) is 0 Å². The highest BCUT2D eigenvalue weighted by Crippen LogP contribution is 2.45. The van der Waals surface area contributed by atoms with Crippen molar-refractivity contribution in [2.45, 2.75) is 0 Å². The third-order valence-electron chi connectivity index (χ3n) is 14.2. The van der Waals surface area contributed by atoms with Crippen LogP contribution in [0.4, 0.5) is 0 Å². The Bertz CT molecular complexity index is 4380. The first-order valence-corrected chi connectivity index (χ1v) is 23.4. The maximum atomic E-state index is 5.47. The Kier molecular flexibility index (Phi) is 8.62. The van der Waals surface area contributed by atoms with Crippen LogP contribution in [0.15, 0.2) is 243 Å². The highest BCUT2D eigenvalue weighted by molar-refractivity contribution is 6.33.